The molecule has 0 bridgehead atoms. The molecule has 21 heavy (non-hydrogen) atoms. The fourth-order valence-electron chi connectivity index (χ4n) is 2.30. The van der Waals surface area contributed by atoms with Gasteiger partial charge in [-0.05, 0) is 36.1 Å². The summed E-state index contributed by atoms with van der Waals surface area (Å²) in [4.78, 5) is 10.7. The molecule has 1 N–H and O–H groups in total. The molecule has 1 atom stereocenters. The molecule has 0 aliphatic carbocycles. The van der Waals surface area contributed by atoms with Gasteiger partial charge in [0.1, 0.15) is 10.6 Å². The average molecular weight is 318 g/mol. The van der Waals surface area contributed by atoms with Crippen molar-refractivity contribution in [2.24, 2.45) is 0 Å². The summed E-state index contributed by atoms with van der Waals surface area (Å²) in [5.41, 5.74) is 1.31. The van der Waals surface area contributed by atoms with Crippen molar-refractivity contribution in [1.29, 1.82) is 0 Å². The summed E-state index contributed by atoms with van der Waals surface area (Å²) in [6.07, 6.45) is 0. The van der Waals surface area contributed by atoms with E-state index in [2.05, 4.69) is 59.5 Å². The molecule has 0 spiro atoms. The zero-order valence-corrected chi connectivity index (χ0v) is 13.5. The average Bonchev–Trinajstić information content (AvgIpc) is 2.85. The molecule has 0 saturated carbocycles. The third-order valence-corrected chi connectivity index (χ3v) is 4.55. The number of anilines is 1. The Labute approximate surface area is 133 Å². The van der Waals surface area contributed by atoms with E-state index in [0.717, 1.165) is 22.6 Å². The molecule has 0 saturated heterocycles. The molecular weight excluding hydrogens is 302 g/mol. The lowest BCUT2D eigenvalue weighted by atomic mass is 10.0. The van der Waals surface area contributed by atoms with Gasteiger partial charge in [0.15, 0.2) is 0 Å². The third kappa shape index (κ3) is 3.17. The highest BCUT2D eigenvalue weighted by Gasteiger charge is 2.11. The highest BCUT2D eigenvalue weighted by atomic mass is 35.5. The van der Waals surface area contributed by atoms with Crippen LogP contribution in [0.3, 0.4) is 0 Å². The van der Waals surface area contributed by atoms with Crippen LogP contribution in [0.5, 0.6) is 0 Å². The Morgan fingerprint density at radius 3 is 2.76 bits per heavy atom. The molecule has 3 nitrogen and oxygen atoms in total. The van der Waals surface area contributed by atoms with Crippen molar-refractivity contribution in [1.82, 2.24) is 9.97 Å². The quantitative estimate of drug-likeness (QED) is 0.698. The Hall–Kier alpha value is -1.65. The monoisotopic (exact) mass is 317 g/mol. The van der Waals surface area contributed by atoms with E-state index in [1.165, 1.54) is 10.4 Å². The Bertz CT molecular complexity index is 755. The van der Waals surface area contributed by atoms with Crippen molar-refractivity contribution in [3.8, 4) is 0 Å². The first-order chi connectivity index (χ1) is 10.1. The fraction of sp³-hybridized carbons (Fsp3) is 0.250. The van der Waals surface area contributed by atoms with E-state index in [4.69, 9.17) is 11.6 Å². The van der Waals surface area contributed by atoms with Gasteiger partial charge in [-0.1, -0.05) is 37.3 Å². The second kappa shape index (κ2) is 6.00. The van der Waals surface area contributed by atoms with Crippen molar-refractivity contribution in [3.63, 3.8) is 0 Å². The molecule has 1 aromatic carbocycles. The van der Waals surface area contributed by atoms with Crippen LogP contribution in [0.4, 0.5) is 5.82 Å². The third-order valence-electron chi connectivity index (χ3n) is 3.43. The number of aryl methyl sites for hydroxylation is 1. The standard InChI is InChI=1S/C16H16ClN3S/c1-10(12-6-4-3-5-7-12)9-18-14-13-8-11(2)21-15(13)20-16(17)19-14/h3-8,10H,9H2,1-2H3,(H,18,19,20). The van der Waals surface area contributed by atoms with Crippen molar-refractivity contribution in [2.75, 3.05) is 11.9 Å². The lowest BCUT2D eigenvalue weighted by Crippen LogP contribution is -2.11. The summed E-state index contributed by atoms with van der Waals surface area (Å²) < 4.78 is 0. The van der Waals surface area contributed by atoms with E-state index in [-0.39, 0.29) is 0 Å². The van der Waals surface area contributed by atoms with Crippen LogP contribution < -0.4 is 5.32 Å². The molecule has 0 radical (unpaired) electrons. The largest absolute Gasteiger partial charge is 0.369 e. The van der Waals surface area contributed by atoms with Crippen molar-refractivity contribution < 1.29 is 0 Å². The topological polar surface area (TPSA) is 37.8 Å². The summed E-state index contributed by atoms with van der Waals surface area (Å²) in [6, 6.07) is 12.5. The van der Waals surface area contributed by atoms with Crippen LogP contribution in [-0.4, -0.2) is 16.5 Å². The van der Waals surface area contributed by atoms with Crippen molar-refractivity contribution >= 4 is 39.0 Å². The van der Waals surface area contributed by atoms with Crippen LogP contribution in [0.2, 0.25) is 5.28 Å². The SMILES string of the molecule is Cc1cc2c(NCC(C)c3ccccc3)nc(Cl)nc2s1. The number of nitrogens with zero attached hydrogens (tertiary/aromatic N) is 2. The predicted molar refractivity (Wildman–Crippen MR) is 90.5 cm³/mol. The maximum absolute atomic E-state index is 6.01. The molecule has 3 rings (SSSR count). The predicted octanol–water partition coefficient (Wildman–Crippen LogP) is 4.87. The minimum atomic E-state index is 0.291. The molecule has 0 fully saturated rings. The molecule has 0 amide bonds. The zero-order chi connectivity index (χ0) is 14.8. The summed E-state index contributed by atoms with van der Waals surface area (Å²) >= 11 is 7.65. The molecule has 1 unspecified atom stereocenters. The lowest BCUT2D eigenvalue weighted by molar-refractivity contribution is 0.802. The van der Waals surface area contributed by atoms with Crippen LogP contribution in [-0.2, 0) is 0 Å². The number of halogens is 1. The fourth-order valence-corrected chi connectivity index (χ4v) is 3.40. The first-order valence-corrected chi connectivity index (χ1v) is 8.05. The summed E-state index contributed by atoms with van der Waals surface area (Å²) in [5.74, 6) is 1.21. The van der Waals surface area contributed by atoms with Crippen LogP contribution in [0.25, 0.3) is 10.2 Å². The molecule has 3 aromatic rings. The van der Waals surface area contributed by atoms with Crippen LogP contribution in [0.15, 0.2) is 36.4 Å². The number of hydrogen-bond donors (Lipinski definition) is 1. The van der Waals surface area contributed by atoms with E-state index in [0.29, 0.717) is 11.2 Å². The number of nitrogens with one attached hydrogen (secondary N) is 1. The van der Waals surface area contributed by atoms with Gasteiger partial charge in [-0.25, -0.2) is 9.97 Å². The summed E-state index contributed by atoms with van der Waals surface area (Å²) in [5, 5.41) is 4.75. The van der Waals surface area contributed by atoms with E-state index >= 15 is 0 Å². The van der Waals surface area contributed by atoms with Gasteiger partial charge in [0.25, 0.3) is 0 Å². The Kier molecular flexibility index (Phi) is 4.08. The minimum Gasteiger partial charge on any atom is -0.369 e. The number of rotatable bonds is 4. The van der Waals surface area contributed by atoms with Gasteiger partial charge in [0.05, 0.1) is 5.39 Å². The van der Waals surface area contributed by atoms with Gasteiger partial charge in [0.2, 0.25) is 5.28 Å². The molecule has 0 aliphatic rings. The first-order valence-electron chi connectivity index (χ1n) is 6.86. The minimum absolute atomic E-state index is 0.291. The first kappa shape index (κ1) is 14.3. The highest BCUT2D eigenvalue weighted by Crippen LogP contribution is 2.30. The molecule has 108 valence electrons. The highest BCUT2D eigenvalue weighted by molar-refractivity contribution is 7.18. The van der Waals surface area contributed by atoms with Crippen LogP contribution in [0.1, 0.15) is 23.3 Å². The zero-order valence-electron chi connectivity index (χ0n) is 11.9. The van der Waals surface area contributed by atoms with E-state index < -0.39 is 0 Å². The second-order valence-electron chi connectivity index (χ2n) is 5.11. The summed E-state index contributed by atoms with van der Waals surface area (Å²) in [6.45, 7) is 5.07. The molecule has 2 heterocycles. The number of hydrogen-bond acceptors (Lipinski definition) is 4. The summed E-state index contributed by atoms with van der Waals surface area (Å²) in [7, 11) is 0. The Morgan fingerprint density at radius 1 is 1.24 bits per heavy atom. The Balaban J connectivity index is 1.82. The molecule has 2 aromatic heterocycles. The van der Waals surface area contributed by atoms with Gasteiger partial charge in [-0.2, -0.15) is 0 Å². The van der Waals surface area contributed by atoms with Crippen molar-refractivity contribution in [2.45, 2.75) is 19.8 Å². The van der Waals surface area contributed by atoms with E-state index in [1.807, 2.05) is 6.07 Å². The van der Waals surface area contributed by atoms with Crippen LogP contribution in [0, 0.1) is 6.92 Å². The Morgan fingerprint density at radius 2 is 2.00 bits per heavy atom. The van der Waals surface area contributed by atoms with Gasteiger partial charge in [0, 0.05) is 11.4 Å². The maximum Gasteiger partial charge on any atom is 0.225 e. The normalized spacial score (nSPS) is 12.5. The van der Waals surface area contributed by atoms with Crippen molar-refractivity contribution in [3.05, 3.63) is 52.1 Å². The number of benzene rings is 1. The second-order valence-corrected chi connectivity index (χ2v) is 6.68. The maximum atomic E-state index is 6.01. The number of thiophene rings is 1. The molecular formula is C16H16ClN3S. The van der Waals surface area contributed by atoms with E-state index in [1.54, 1.807) is 11.3 Å². The van der Waals surface area contributed by atoms with Gasteiger partial charge < -0.3 is 5.32 Å². The number of aromatic nitrogens is 2. The molecule has 0 aliphatic heterocycles. The lowest BCUT2D eigenvalue weighted by Gasteiger charge is -2.14. The number of fused-ring (bicyclic) bond motifs is 1. The van der Waals surface area contributed by atoms with E-state index in [9.17, 15) is 0 Å². The van der Waals surface area contributed by atoms with Crippen LogP contribution >= 0.6 is 22.9 Å². The van der Waals surface area contributed by atoms with Gasteiger partial charge in [-0.3, -0.25) is 0 Å². The van der Waals surface area contributed by atoms with Gasteiger partial charge >= 0.3 is 0 Å². The smallest absolute Gasteiger partial charge is 0.225 e. The van der Waals surface area contributed by atoms with Gasteiger partial charge in [-0.15, -0.1) is 11.3 Å². The molecule has 5 heteroatoms.